The Bertz CT molecular complexity index is 1160. The molecule has 0 spiro atoms. The van der Waals surface area contributed by atoms with Crippen molar-refractivity contribution in [3.8, 4) is 0 Å². The van der Waals surface area contributed by atoms with Crippen LogP contribution in [0.5, 0.6) is 0 Å². The van der Waals surface area contributed by atoms with Crippen molar-refractivity contribution in [1.29, 1.82) is 0 Å². The van der Waals surface area contributed by atoms with Crippen molar-refractivity contribution in [2.75, 3.05) is 47.6 Å². The second kappa shape index (κ2) is 18.5. The number of aliphatic hydroxyl groups is 1. The molecule has 11 heteroatoms. The van der Waals surface area contributed by atoms with Crippen LogP contribution >= 0.6 is 0 Å². The second-order valence-electron chi connectivity index (χ2n) is 17.9. The van der Waals surface area contributed by atoms with Gasteiger partial charge in [0, 0.05) is 65.4 Å². The van der Waals surface area contributed by atoms with Gasteiger partial charge in [0.1, 0.15) is 6.04 Å². The Hall–Kier alpha value is -1.34. The molecule has 6 aliphatic rings. The number of carbonyl (C=O) groups excluding carboxylic acids is 2. The minimum atomic E-state index is -0.758. The van der Waals surface area contributed by atoms with Gasteiger partial charge in [-0.05, 0) is 99.2 Å². The number of ether oxygens (including phenoxy) is 3. The Morgan fingerprint density at radius 3 is 2.37 bits per heavy atom. The van der Waals surface area contributed by atoms with E-state index in [-0.39, 0.29) is 60.3 Å². The standard InChI is InChI=1S/C41H74N4O7/c1-9-26(13-12-18-49-7)23-51-38-30(16-11-17-31(38)39(47)43-6)29-15-10-14-27(37(29)50-8)22-45-36(35(25(3)46)34(21-42)52-45)40(48)44-33-20-28-19-32(24(33)2)41(28,4)5/h24-38,46H,9-23,42H2,1-8H3,(H,43,47)(H,44,48)/t24-,25-,26?,27?,28+,29?,30?,31?,32-,33-,34-,35+,36-,37?,38?/m0/s1. The van der Waals surface area contributed by atoms with E-state index in [4.69, 9.17) is 24.8 Å². The van der Waals surface area contributed by atoms with Crippen molar-refractivity contribution in [1.82, 2.24) is 15.7 Å². The molecule has 1 aliphatic heterocycles. The summed E-state index contributed by atoms with van der Waals surface area (Å²) in [5.41, 5.74) is 6.57. The van der Waals surface area contributed by atoms with E-state index in [9.17, 15) is 14.7 Å². The largest absolute Gasteiger partial charge is 0.393 e. The molecule has 15 atom stereocenters. The average molecular weight is 735 g/mol. The zero-order valence-corrected chi connectivity index (χ0v) is 33.7. The highest BCUT2D eigenvalue weighted by molar-refractivity contribution is 5.83. The molecule has 300 valence electrons. The number of carbonyl (C=O) groups is 2. The number of hydrogen-bond donors (Lipinski definition) is 4. The first-order chi connectivity index (χ1) is 24.9. The van der Waals surface area contributed by atoms with Crippen LogP contribution in [-0.2, 0) is 28.6 Å². The van der Waals surface area contributed by atoms with E-state index in [0.717, 1.165) is 70.8 Å². The molecule has 5 saturated carbocycles. The fourth-order valence-corrected chi connectivity index (χ4v) is 11.6. The van der Waals surface area contributed by atoms with E-state index >= 15 is 0 Å². The molecule has 0 aromatic rings. The average Bonchev–Trinajstić information content (AvgIpc) is 3.51. The highest BCUT2D eigenvalue weighted by Gasteiger charge is 2.58. The van der Waals surface area contributed by atoms with Crippen LogP contribution in [0, 0.1) is 58.7 Å². The van der Waals surface area contributed by atoms with Gasteiger partial charge in [-0.2, -0.15) is 5.06 Å². The molecule has 2 bridgehead atoms. The highest BCUT2D eigenvalue weighted by atomic mass is 16.7. The fourth-order valence-electron chi connectivity index (χ4n) is 11.6. The number of hydrogen-bond acceptors (Lipinski definition) is 9. The number of nitrogens with one attached hydrogen (secondary N) is 2. The maximum Gasteiger partial charge on any atom is 0.240 e. The second-order valence-corrected chi connectivity index (χ2v) is 17.9. The lowest BCUT2D eigenvalue weighted by Gasteiger charge is -2.62. The quantitative estimate of drug-likeness (QED) is 0.158. The van der Waals surface area contributed by atoms with Crippen LogP contribution in [0.15, 0.2) is 0 Å². The van der Waals surface area contributed by atoms with E-state index in [0.29, 0.717) is 42.2 Å². The van der Waals surface area contributed by atoms with Crippen molar-refractivity contribution in [3.05, 3.63) is 0 Å². The molecule has 5 aliphatic carbocycles. The summed E-state index contributed by atoms with van der Waals surface area (Å²) in [6.45, 7) is 13.1. The molecule has 1 heterocycles. The normalized spacial score (nSPS) is 40.1. The molecule has 0 aromatic heterocycles. The van der Waals surface area contributed by atoms with Gasteiger partial charge in [0.2, 0.25) is 11.8 Å². The molecule has 11 nitrogen and oxygen atoms in total. The van der Waals surface area contributed by atoms with Gasteiger partial charge < -0.3 is 35.7 Å². The summed E-state index contributed by atoms with van der Waals surface area (Å²) in [6, 6.07) is -0.523. The third-order valence-corrected chi connectivity index (χ3v) is 14.9. The van der Waals surface area contributed by atoms with E-state index < -0.39 is 24.2 Å². The predicted octanol–water partition coefficient (Wildman–Crippen LogP) is 4.55. The topological polar surface area (TPSA) is 145 Å². The number of hydroxylamine groups is 2. The minimum absolute atomic E-state index is 0.0629. The van der Waals surface area contributed by atoms with Crippen LogP contribution in [0.2, 0.25) is 0 Å². The minimum Gasteiger partial charge on any atom is -0.393 e. The maximum atomic E-state index is 14.4. The Morgan fingerprint density at radius 1 is 1.06 bits per heavy atom. The monoisotopic (exact) mass is 735 g/mol. The third kappa shape index (κ3) is 8.71. The van der Waals surface area contributed by atoms with E-state index in [2.05, 4.69) is 38.3 Å². The molecule has 1 saturated heterocycles. The van der Waals surface area contributed by atoms with Crippen molar-refractivity contribution in [3.63, 3.8) is 0 Å². The van der Waals surface area contributed by atoms with Crippen molar-refractivity contribution in [2.45, 2.75) is 142 Å². The number of nitrogens with two attached hydrogens (primary N) is 1. The first-order valence-corrected chi connectivity index (χ1v) is 20.9. The molecule has 5 N–H and O–H groups in total. The highest BCUT2D eigenvalue weighted by Crippen LogP contribution is 2.61. The van der Waals surface area contributed by atoms with Crippen LogP contribution in [0.4, 0.5) is 0 Å². The van der Waals surface area contributed by atoms with E-state index in [1.54, 1.807) is 28.2 Å². The molecular formula is C41H74N4O7. The van der Waals surface area contributed by atoms with E-state index in [1.807, 2.05) is 5.06 Å². The Morgan fingerprint density at radius 2 is 1.77 bits per heavy atom. The summed E-state index contributed by atoms with van der Waals surface area (Å²) in [6.07, 6.45) is 9.63. The summed E-state index contributed by atoms with van der Waals surface area (Å²) in [4.78, 5) is 34.2. The van der Waals surface area contributed by atoms with Crippen LogP contribution in [0.3, 0.4) is 0 Å². The van der Waals surface area contributed by atoms with Crippen LogP contribution in [-0.4, -0.2) is 106 Å². The first-order valence-electron chi connectivity index (χ1n) is 20.9. The summed E-state index contributed by atoms with van der Waals surface area (Å²) in [5, 5.41) is 19.3. The van der Waals surface area contributed by atoms with Gasteiger partial charge in [-0.15, -0.1) is 0 Å². The van der Waals surface area contributed by atoms with Crippen molar-refractivity contribution >= 4 is 11.8 Å². The van der Waals surface area contributed by atoms with Gasteiger partial charge in [0.15, 0.2) is 0 Å². The van der Waals surface area contributed by atoms with Gasteiger partial charge >= 0.3 is 0 Å². The lowest BCUT2D eigenvalue weighted by Crippen LogP contribution is -2.62. The van der Waals surface area contributed by atoms with Gasteiger partial charge in [0.25, 0.3) is 0 Å². The zero-order chi connectivity index (χ0) is 37.7. The van der Waals surface area contributed by atoms with Crippen LogP contribution in [0.25, 0.3) is 0 Å². The fraction of sp³-hybridized carbons (Fsp3) is 0.951. The third-order valence-electron chi connectivity index (χ3n) is 14.9. The molecule has 0 radical (unpaired) electrons. The Balaban J connectivity index is 1.33. The first kappa shape index (κ1) is 41.8. The molecule has 0 aromatic carbocycles. The molecule has 52 heavy (non-hydrogen) atoms. The summed E-state index contributed by atoms with van der Waals surface area (Å²) in [7, 11) is 5.28. The molecule has 7 unspecified atom stereocenters. The number of nitrogens with zero attached hydrogens (tertiary/aromatic N) is 1. The van der Waals surface area contributed by atoms with Crippen LogP contribution in [0.1, 0.15) is 105 Å². The van der Waals surface area contributed by atoms with Gasteiger partial charge in [-0.3, -0.25) is 14.4 Å². The van der Waals surface area contributed by atoms with Gasteiger partial charge in [-0.25, -0.2) is 0 Å². The lowest BCUT2D eigenvalue weighted by atomic mass is 9.45. The van der Waals surface area contributed by atoms with E-state index in [1.165, 1.54) is 6.42 Å². The summed E-state index contributed by atoms with van der Waals surface area (Å²) >= 11 is 0. The predicted molar refractivity (Wildman–Crippen MR) is 202 cm³/mol. The van der Waals surface area contributed by atoms with Crippen LogP contribution < -0.4 is 16.4 Å². The number of fused-ring (bicyclic) bond motifs is 2. The SMILES string of the molecule is CCC(CCCOC)COC1C(C(=O)NC)CCCC1C1CCCC(CN2O[C@@H](CN)[C@@H]([C@H](C)O)[C@H]2C(=O)N[C@H]2C[C@H]3C[C@@H]([C@@H]2C)C3(C)C)C1OC. The molecule has 6 rings (SSSR count). The zero-order valence-electron chi connectivity index (χ0n) is 33.7. The maximum absolute atomic E-state index is 14.4. The molecular weight excluding hydrogens is 660 g/mol. The number of rotatable bonds is 17. The molecule has 6 fully saturated rings. The number of methoxy groups -OCH3 is 2. The smallest absolute Gasteiger partial charge is 0.240 e. The van der Waals surface area contributed by atoms with Crippen molar-refractivity contribution < 1.29 is 33.7 Å². The summed E-state index contributed by atoms with van der Waals surface area (Å²) in [5.74, 6) is 1.92. The van der Waals surface area contributed by atoms with Crippen molar-refractivity contribution in [2.24, 2.45) is 64.4 Å². The Kier molecular flexibility index (Phi) is 14.9. The van der Waals surface area contributed by atoms with Gasteiger partial charge in [-0.1, -0.05) is 47.0 Å². The summed E-state index contributed by atoms with van der Waals surface area (Å²) < 4.78 is 18.6. The molecule has 2 amide bonds. The van der Waals surface area contributed by atoms with Gasteiger partial charge in [0.05, 0.1) is 30.3 Å². The number of aliphatic hydroxyl groups excluding tert-OH is 1. The lowest BCUT2D eigenvalue weighted by molar-refractivity contribution is -0.189. The Labute approximate surface area is 314 Å². The number of amides is 2.